The van der Waals surface area contributed by atoms with Crippen molar-refractivity contribution in [2.24, 2.45) is 0 Å². The molecule has 0 bridgehead atoms. The van der Waals surface area contributed by atoms with E-state index in [1.807, 2.05) is 22.9 Å². The lowest BCUT2D eigenvalue weighted by Gasteiger charge is -2.13. The summed E-state index contributed by atoms with van der Waals surface area (Å²) in [5.41, 5.74) is 3.97. The maximum absolute atomic E-state index is 14.0. The number of thiophene rings is 1. The smallest absolute Gasteiger partial charge is 0.326 e. The van der Waals surface area contributed by atoms with Crippen LogP contribution in [-0.4, -0.2) is 32.6 Å². The normalized spacial score (nSPS) is 16.5. The molecule has 2 fully saturated rings. The Morgan fingerprint density at radius 2 is 2.09 bits per heavy atom. The number of aromatic nitrogens is 3. The first-order chi connectivity index (χ1) is 17.0. The number of benzene rings is 1. The van der Waals surface area contributed by atoms with Crippen LogP contribution in [0.4, 0.5) is 20.8 Å². The number of rotatable bonds is 7. The Morgan fingerprint density at radius 1 is 1.20 bits per heavy atom. The maximum atomic E-state index is 14.0. The molecule has 0 unspecified atom stereocenters. The third-order valence-corrected chi connectivity index (χ3v) is 6.50. The average molecular weight is 490 g/mol. The first-order valence-electron chi connectivity index (χ1n) is 11.1. The lowest BCUT2D eigenvalue weighted by atomic mass is 10.0. The van der Waals surface area contributed by atoms with Gasteiger partial charge in [-0.1, -0.05) is 6.07 Å². The van der Waals surface area contributed by atoms with E-state index in [0.29, 0.717) is 29.6 Å². The van der Waals surface area contributed by atoms with Crippen molar-refractivity contribution in [3.63, 3.8) is 0 Å². The maximum Gasteiger partial charge on any atom is 0.326 e. The number of urea groups is 1. The number of carbonyl (C=O) groups excluding carboxylic acids is 2. The molecule has 1 aromatic carbocycles. The van der Waals surface area contributed by atoms with Crippen LogP contribution in [0.15, 0.2) is 53.0 Å². The van der Waals surface area contributed by atoms with E-state index in [1.165, 1.54) is 12.1 Å². The lowest BCUT2D eigenvalue weighted by molar-refractivity contribution is -0.115. The van der Waals surface area contributed by atoms with Gasteiger partial charge >= 0.3 is 6.03 Å². The van der Waals surface area contributed by atoms with Crippen LogP contribution in [0.1, 0.15) is 24.0 Å². The predicted molar refractivity (Wildman–Crippen MR) is 131 cm³/mol. The van der Waals surface area contributed by atoms with Gasteiger partial charge in [0.1, 0.15) is 23.1 Å². The van der Waals surface area contributed by atoms with Crippen LogP contribution in [0, 0.1) is 5.82 Å². The Balaban J connectivity index is 1.35. The largest absolute Gasteiger partial charge is 0.367 e. The standard InChI is InChI=1S/C24H20FN7O2S/c25-16-2-1-13(18(8-16)14-5-6-35-12-14)10-26-20-9-21(28-17-3-4-17)32-22(30-20)15(11-27-32)7-19-23(33)31-24(34)29-19/h1-2,5-9,11-12,17,28H,3-4,10H2,(H,26,30)(H2,29,31,33,34). The van der Waals surface area contributed by atoms with Gasteiger partial charge in [-0.25, -0.2) is 14.2 Å². The molecule has 9 nitrogen and oxygen atoms in total. The minimum Gasteiger partial charge on any atom is -0.367 e. The highest BCUT2D eigenvalue weighted by Gasteiger charge is 2.25. The summed E-state index contributed by atoms with van der Waals surface area (Å²) in [4.78, 5) is 28.2. The molecule has 1 aliphatic carbocycles. The number of amides is 3. The summed E-state index contributed by atoms with van der Waals surface area (Å²) in [7, 11) is 0. The Kier molecular flexibility index (Phi) is 5.18. The minimum absolute atomic E-state index is 0.133. The molecule has 3 amide bonds. The van der Waals surface area contributed by atoms with E-state index in [2.05, 4.69) is 26.4 Å². The van der Waals surface area contributed by atoms with Gasteiger partial charge in [0, 0.05) is 24.2 Å². The van der Waals surface area contributed by atoms with Crippen molar-refractivity contribution in [2.45, 2.75) is 25.4 Å². The molecule has 2 aliphatic rings. The van der Waals surface area contributed by atoms with E-state index in [-0.39, 0.29) is 11.5 Å². The quantitative estimate of drug-likeness (QED) is 0.231. The van der Waals surface area contributed by atoms with E-state index < -0.39 is 11.9 Å². The molecular weight excluding hydrogens is 469 g/mol. The second kappa shape index (κ2) is 8.51. The number of imide groups is 1. The van der Waals surface area contributed by atoms with Crippen molar-refractivity contribution in [3.8, 4) is 11.1 Å². The van der Waals surface area contributed by atoms with Gasteiger partial charge in [0.25, 0.3) is 5.91 Å². The first kappa shape index (κ1) is 21.3. The molecule has 3 aromatic heterocycles. The van der Waals surface area contributed by atoms with E-state index >= 15 is 0 Å². The molecule has 0 radical (unpaired) electrons. The van der Waals surface area contributed by atoms with Crippen LogP contribution < -0.4 is 21.3 Å². The van der Waals surface area contributed by atoms with Gasteiger partial charge < -0.3 is 16.0 Å². The number of carbonyl (C=O) groups is 2. The Labute approximate surface area is 203 Å². The van der Waals surface area contributed by atoms with Gasteiger partial charge in [0.2, 0.25) is 0 Å². The Morgan fingerprint density at radius 3 is 2.83 bits per heavy atom. The van der Waals surface area contributed by atoms with Crippen LogP contribution in [0.3, 0.4) is 0 Å². The molecule has 35 heavy (non-hydrogen) atoms. The number of hydrogen-bond acceptors (Lipinski definition) is 7. The summed E-state index contributed by atoms with van der Waals surface area (Å²) >= 11 is 1.56. The fourth-order valence-electron chi connectivity index (χ4n) is 3.92. The SMILES string of the molecule is O=C1NC(=O)C(=Cc2cnn3c(NC4CC4)cc(NCc4ccc(F)cc4-c4ccsc4)nc23)N1. The number of nitrogens with zero attached hydrogens (tertiary/aromatic N) is 3. The number of hydrogen-bond donors (Lipinski definition) is 4. The van der Waals surface area contributed by atoms with Crippen LogP contribution in [0.25, 0.3) is 22.9 Å². The second-order valence-corrected chi connectivity index (χ2v) is 9.19. The fourth-order valence-corrected chi connectivity index (χ4v) is 4.58. The zero-order valence-electron chi connectivity index (χ0n) is 18.3. The van der Waals surface area contributed by atoms with Crippen molar-refractivity contribution >= 4 is 46.6 Å². The van der Waals surface area contributed by atoms with E-state index in [4.69, 9.17) is 4.98 Å². The third-order valence-electron chi connectivity index (χ3n) is 5.81. The monoisotopic (exact) mass is 489 g/mol. The minimum atomic E-state index is -0.565. The lowest BCUT2D eigenvalue weighted by Crippen LogP contribution is -2.22. The number of nitrogens with one attached hydrogen (secondary N) is 4. The molecule has 4 N–H and O–H groups in total. The van der Waals surface area contributed by atoms with E-state index in [0.717, 1.165) is 35.3 Å². The average Bonchev–Trinajstić information content (AvgIpc) is 3.19. The van der Waals surface area contributed by atoms with Gasteiger partial charge in [-0.3, -0.25) is 10.1 Å². The van der Waals surface area contributed by atoms with Gasteiger partial charge in [-0.15, -0.1) is 0 Å². The molecule has 176 valence electrons. The summed E-state index contributed by atoms with van der Waals surface area (Å²) in [5.74, 6) is 0.575. The Hall–Kier alpha value is -4.25. The summed E-state index contributed by atoms with van der Waals surface area (Å²) in [6.07, 6.45) is 5.31. The highest BCUT2D eigenvalue weighted by molar-refractivity contribution is 7.08. The molecule has 0 atom stereocenters. The van der Waals surface area contributed by atoms with Gasteiger partial charge in [0.15, 0.2) is 5.65 Å². The zero-order chi connectivity index (χ0) is 23.9. The molecule has 6 rings (SSSR count). The summed E-state index contributed by atoms with van der Waals surface area (Å²) in [6.45, 7) is 0.431. The molecule has 1 saturated carbocycles. The molecule has 4 aromatic rings. The van der Waals surface area contributed by atoms with Crippen molar-refractivity contribution in [1.82, 2.24) is 25.2 Å². The number of halogens is 1. The molecule has 11 heteroatoms. The summed E-state index contributed by atoms with van der Waals surface area (Å²) < 4.78 is 15.7. The van der Waals surface area contributed by atoms with Gasteiger partial charge in [0.05, 0.1) is 6.20 Å². The van der Waals surface area contributed by atoms with Crippen LogP contribution in [-0.2, 0) is 11.3 Å². The van der Waals surface area contributed by atoms with E-state index in [1.54, 1.807) is 34.2 Å². The first-order valence-corrected chi connectivity index (χ1v) is 12.0. The molecule has 4 heterocycles. The predicted octanol–water partition coefficient (Wildman–Crippen LogP) is 3.96. The summed E-state index contributed by atoms with van der Waals surface area (Å²) in [6, 6.07) is 8.42. The van der Waals surface area contributed by atoms with E-state index in [9.17, 15) is 14.0 Å². The van der Waals surface area contributed by atoms with Crippen molar-refractivity contribution in [3.05, 3.63) is 69.9 Å². The van der Waals surface area contributed by atoms with Crippen LogP contribution in [0.2, 0.25) is 0 Å². The topological polar surface area (TPSA) is 112 Å². The van der Waals surface area contributed by atoms with Gasteiger partial charge in [-0.05, 0) is 64.6 Å². The van der Waals surface area contributed by atoms with Crippen molar-refractivity contribution in [2.75, 3.05) is 10.6 Å². The third kappa shape index (κ3) is 4.33. The fraction of sp³-hybridized carbons (Fsp3) is 0.167. The Bertz CT molecular complexity index is 1490. The van der Waals surface area contributed by atoms with Gasteiger partial charge in [-0.2, -0.15) is 21.0 Å². The number of anilines is 2. The van der Waals surface area contributed by atoms with Crippen LogP contribution >= 0.6 is 11.3 Å². The second-order valence-electron chi connectivity index (χ2n) is 8.41. The highest BCUT2D eigenvalue weighted by Crippen LogP contribution is 2.30. The van der Waals surface area contributed by atoms with Crippen molar-refractivity contribution in [1.29, 1.82) is 0 Å². The molecule has 1 saturated heterocycles. The van der Waals surface area contributed by atoms with Crippen LogP contribution in [0.5, 0.6) is 0 Å². The summed E-state index contributed by atoms with van der Waals surface area (Å²) in [5, 5.41) is 19.9. The number of fused-ring (bicyclic) bond motifs is 1. The van der Waals surface area contributed by atoms with Crippen molar-refractivity contribution < 1.29 is 14.0 Å². The molecular formula is C24H20FN7O2S. The highest BCUT2D eigenvalue weighted by atomic mass is 32.1. The molecule has 1 aliphatic heterocycles. The zero-order valence-corrected chi connectivity index (χ0v) is 19.2. The molecule has 0 spiro atoms.